The third-order valence-corrected chi connectivity index (χ3v) is 6.08. The lowest BCUT2D eigenvalue weighted by Gasteiger charge is -2.32. The molecule has 0 aliphatic carbocycles. The molecule has 2 aromatic heterocycles. The second-order valence-electron chi connectivity index (χ2n) is 7.40. The fraction of sp³-hybridized carbons (Fsp3) is 0.400. The van der Waals surface area contributed by atoms with Gasteiger partial charge in [-0.3, -0.25) is 4.79 Å². The number of thiazole rings is 1. The van der Waals surface area contributed by atoms with Crippen molar-refractivity contribution in [1.82, 2.24) is 24.6 Å². The van der Waals surface area contributed by atoms with Crippen molar-refractivity contribution in [3.05, 3.63) is 52.2 Å². The monoisotopic (exact) mass is 396 g/mol. The van der Waals surface area contributed by atoms with Crippen LogP contribution in [0.5, 0.6) is 0 Å². The minimum atomic E-state index is -0.171. The molecule has 4 rings (SSSR count). The Labute approximate surface area is 168 Å². The zero-order chi connectivity index (χ0) is 19.8. The van der Waals surface area contributed by atoms with Crippen LogP contribution in [0.3, 0.4) is 0 Å². The molecule has 3 aromatic rings. The van der Waals surface area contributed by atoms with Crippen LogP contribution in [0, 0.1) is 5.92 Å². The number of benzene rings is 1. The Balaban J connectivity index is 1.57. The molecule has 28 heavy (non-hydrogen) atoms. The topological polar surface area (TPSA) is 89.9 Å². The van der Waals surface area contributed by atoms with Gasteiger partial charge in [-0.2, -0.15) is 5.10 Å². The van der Waals surface area contributed by atoms with Gasteiger partial charge in [-0.15, -0.1) is 11.3 Å². The third-order valence-electron chi connectivity index (χ3n) is 5.13. The Morgan fingerprint density at radius 1 is 1.21 bits per heavy atom. The van der Waals surface area contributed by atoms with Crippen molar-refractivity contribution in [2.24, 2.45) is 11.7 Å². The van der Waals surface area contributed by atoms with E-state index in [4.69, 9.17) is 10.7 Å². The smallest absolute Gasteiger partial charge is 0.274 e. The number of amides is 1. The summed E-state index contributed by atoms with van der Waals surface area (Å²) in [5.41, 5.74) is 7.61. The molecule has 2 N–H and O–H groups in total. The molecule has 1 aromatic carbocycles. The largest absolute Gasteiger partial charge is 0.325 e. The highest BCUT2D eigenvalue weighted by molar-refractivity contribution is 7.09. The first-order chi connectivity index (χ1) is 13.5. The molecule has 146 valence electrons. The summed E-state index contributed by atoms with van der Waals surface area (Å²) in [6.07, 6.45) is 0. The molecule has 8 heteroatoms. The molecule has 0 saturated heterocycles. The van der Waals surface area contributed by atoms with Crippen LogP contribution in [-0.2, 0) is 6.54 Å². The Bertz CT molecular complexity index is 980. The number of carbonyl (C=O) groups is 1. The summed E-state index contributed by atoms with van der Waals surface area (Å²) >= 11 is 1.45. The van der Waals surface area contributed by atoms with Crippen LogP contribution in [-0.4, -0.2) is 37.1 Å². The first-order valence-electron chi connectivity index (χ1n) is 9.48. The van der Waals surface area contributed by atoms with E-state index >= 15 is 0 Å². The summed E-state index contributed by atoms with van der Waals surface area (Å²) < 4.78 is 1.90. The standard InChI is InChI=1S/C20H24N6OS/c1-12(2)16(21)19-22-15(11-28-19)20(27)25-9-10-26-18(13(25)3)23-17(24-26)14-7-5-4-6-8-14/h4-8,11-13,16H,9-10,21H2,1-3H3/t13-,16-/m0/s1. The lowest BCUT2D eigenvalue weighted by molar-refractivity contribution is 0.0625. The van der Waals surface area contributed by atoms with Crippen molar-refractivity contribution in [2.75, 3.05) is 6.54 Å². The van der Waals surface area contributed by atoms with E-state index in [0.717, 1.165) is 16.4 Å². The van der Waals surface area contributed by atoms with E-state index in [1.807, 2.05) is 46.8 Å². The van der Waals surface area contributed by atoms with Crippen LogP contribution >= 0.6 is 11.3 Å². The van der Waals surface area contributed by atoms with Crippen LogP contribution in [0.15, 0.2) is 35.7 Å². The number of carbonyl (C=O) groups excluding carboxylic acids is 1. The van der Waals surface area contributed by atoms with Gasteiger partial charge in [0.25, 0.3) is 5.91 Å². The Morgan fingerprint density at radius 2 is 1.96 bits per heavy atom. The van der Waals surface area contributed by atoms with E-state index in [1.165, 1.54) is 11.3 Å². The Kier molecular flexibility index (Phi) is 4.99. The van der Waals surface area contributed by atoms with Gasteiger partial charge < -0.3 is 10.6 Å². The second-order valence-corrected chi connectivity index (χ2v) is 8.29. The fourth-order valence-electron chi connectivity index (χ4n) is 3.32. The maximum atomic E-state index is 13.1. The summed E-state index contributed by atoms with van der Waals surface area (Å²) in [6.45, 7) is 7.29. The van der Waals surface area contributed by atoms with E-state index < -0.39 is 0 Å². The number of aromatic nitrogens is 4. The molecular formula is C20H24N6OS. The molecule has 0 saturated carbocycles. The van der Waals surface area contributed by atoms with Gasteiger partial charge in [0, 0.05) is 17.5 Å². The van der Waals surface area contributed by atoms with Crippen LogP contribution in [0.1, 0.15) is 54.2 Å². The van der Waals surface area contributed by atoms with Crippen LogP contribution in [0.2, 0.25) is 0 Å². The van der Waals surface area contributed by atoms with E-state index in [-0.39, 0.29) is 23.9 Å². The van der Waals surface area contributed by atoms with Gasteiger partial charge in [0.2, 0.25) is 0 Å². The molecule has 1 aliphatic rings. The Morgan fingerprint density at radius 3 is 2.68 bits per heavy atom. The predicted molar refractivity (Wildman–Crippen MR) is 109 cm³/mol. The molecule has 7 nitrogen and oxygen atoms in total. The quantitative estimate of drug-likeness (QED) is 0.731. The number of hydrogen-bond donors (Lipinski definition) is 1. The van der Waals surface area contributed by atoms with Crippen LogP contribution in [0.25, 0.3) is 11.4 Å². The van der Waals surface area contributed by atoms with Crippen molar-refractivity contribution in [3.63, 3.8) is 0 Å². The molecule has 0 radical (unpaired) electrons. The minimum absolute atomic E-state index is 0.0820. The van der Waals surface area contributed by atoms with Gasteiger partial charge in [0.1, 0.15) is 16.5 Å². The second kappa shape index (κ2) is 7.44. The lowest BCUT2D eigenvalue weighted by atomic mass is 10.1. The van der Waals surface area contributed by atoms with Crippen molar-refractivity contribution < 1.29 is 4.79 Å². The summed E-state index contributed by atoms with van der Waals surface area (Å²) in [4.78, 5) is 24.1. The van der Waals surface area contributed by atoms with Gasteiger partial charge in [0.05, 0.1) is 18.6 Å². The highest BCUT2D eigenvalue weighted by Crippen LogP contribution is 2.29. The average molecular weight is 397 g/mol. The number of nitrogens with zero attached hydrogens (tertiary/aromatic N) is 5. The van der Waals surface area contributed by atoms with E-state index in [9.17, 15) is 4.79 Å². The van der Waals surface area contributed by atoms with Gasteiger partial charge in [-0.05, 0) is 12.8 Å². The minimum Gasteiger partial charge on any atom is -0.325 e. The van der Waals surface area contributed by atoms with Crippen molar-refractivity contribution >= 4 is 17.2 Å². The molecule has 0 bridgehead atoms. The first kappa shape index (κ1) is 18.8. The number of rotatable bonds is 4. The zero-order valence-corrected chi connectivity index (χ0v) is 17.1. The first-order valence-corrected chi connectivity index (χ1v) is 10.4. The molecule has 0 fully saturated rings. The summed E-state index contributed by atoms with van der Waals surface area (Å²) in [6, 6.07) is 9.56. The zero-order valence-electron chi connectivity index (χ0n) is 16.2. The molecular weight excluding hydrogens is 372 g/mol. The molecule has 0 spiro atoms. The molecule has 1 amide bonds. The van der Waals surface area contributed by atoms with E-state index in [0.29, 0.717) is 24.6 Å². The van der Waals surface area contributed by atoms with E-state index in [1.54, 1.807) is 5.38 Å². The van der Waals surface area contributed by atoms with Crippen LogP contribution < -0.4 is 5.73 Å². The number of nitrogens with two attached hydrogens (primary N) is 1. The van der Waals surface area contributed by atoms with Gasteiger partial charge in [-0.25, -0.2) is 14.6 Å². The van der Waals surface area contributed by atoms with Crippen molar-refractivity contribution in [2.45, 2.75) is 39.4 Å². The number of hydrogen-bond acceptors (Lipinski definition) is 6. The third kappa shape index (κ3) is 3.33. The van der Waals surface area contributed by atoms with Gasteiger partial charge >= 0.3 is 0 Å². The normalized spacial score (nSPS) is 17.6. The highest BCUT2D eigenvalue weighted by Gasteiger charge is 2.32. The van der Waals surface area contributed by atoms with Gasteiger partial charge in [-0.1, -0.05) is 44.2 Å². The number of fused-ring (bicyclic) bond motifs is 1. The summed E-state index contributed by atoms with van der Waals surface area (Å²) in [7, 11) is 0. The average Bonchev–Trinajstić information content (AvgIpc) is 3.36. The molecule has 1 aliphatic heterocycles. The van der Waals surface area contributed by atoms with E-state index in [2.05, 4.69) is 23.9 Å². The molecule has 2 atom stereocenters. The lowest BCUT2D eigenvalue weighted by Crippen LogP contribution is -2.41. The molecule has 0 unspecified atom stereocenters. The van der Waals surface area contributed by atoms with Crippen molar-refractivity contribution in [3.8, 4) is 11.4 Å². The highest BCUT2D eigenvalue weighted by atomic mass is 32.1. The van der Waals surface area contributed by atoms with Crippen LogP contribution in [0.4, 0.5) is 0 Å². The Hall–Kier alpha value is -2.58. The molecule has 3 heterocycles. The van der Waals surface area contributed by atoms with Gasteiger partial charge in [0.15, 0.2) is 5.82 Å². The maximum absolute atomic E-state index is 13.1. The summed E-state index contributed by atoms with van der Waals surface area (Å²) in [5.74, 6) is 1.68. The maximum Gasteiger partial charge on any atom is 0.274 e. The predicted octanol–water partition coefficient (Wildman–Crippen LogP) is 3.27. The van der Waals surface area contributed by atoms with Crippen molar-refractivity contribution in [1.29, 1.82) is 0 Å². The SMILES string of the molecule is CC(C)[C@H](N)c1nc(C(=O)N2CCn3nc(-c4ccccc4)nc3[C@@H]2C)cs1. The fourth-order valence-corrected chi connectivity index (χ4v) is 4.29. The summed E-state index contributed by atoms with van der Waals surface area (Å²) in [5, 5.41) is 7.23.